The van der Waals surface area contributed by atoms with Gasteiger partial charge in [-0.3, -0.25) is 9.69 Å². The highest BCUT2D eigenvalue weighted by Crippen LogP contribution is 2.46. The maximum Gasteiger partial charge on any atom is 0.306 e. The van der Waals surface area contributed by atoms with Gasteiger partial charge in [0.05, 0.1) is 54.6 Å². The quantitative estimate of drug-likeness (QED) is 0.553. The predicted molar refractivity (Wildman–Crippen MR) is 126 cm³/mol. The molecule has 186 valence electrons. The molecule has 9 nitrogen and oxygen atoms in total. The lowest BCUT2D eigenvalue weighted by molar-refractivity contribution is -0.143. The van der Waals surface area contributed by atoms with Gasteiger partial charge < -0.3 is 33.5 Å². The summed E-state index contributed by atoms with van der Waals surface area (Å²) >= 11 is 0. The largest absolute Gasteiger partial charge is 0.493 e. The molecule has 0 unspecified atom stereocenters. The Morgan fingerprint density at radius 3 is 1.35 bits per heavy atom. The smallest absolute Gasteiger partial charge is 0.306 e. The van der Waals surface area contributed by atoms with Crippen LogP contribution >= 0.6 is 0 Å². The average molecular weight is 476 g/mol. The van der Waals surface area contributed by atoms with Gasteiger partial charge in [0.1, 0.15) is 0 Å². The summed E-state index contributed by atoms with van der Waals surface area (Å²) in [5.74, 6) is 2.05. The third kappa shape index (κ3) is 4.94. The Hall–Kier alpha value is -3.33. The number of rotatable bonds is 10. The van der Waals surface area contributed by atoms with Crippen molar-refractivity contribution in [2.45, 2.75) is 18.9 Å². The zero-order chi connectivity index (χ0) is 24.8. The highest BCUT2D eigenvalue weighted by atomic mass is 16.5. The third-order valence-electron chi connectivity index (χ3n) is 6.25. The number of piperidine rings is 1. The van der Waals surface area contributed by atoms with Crippen molar-refractivity contribution in [3.8, 4) is 34.5 Å². The summed E-state index contributed by atoms with van der Waals surface area (Å²) in [5.41, 5.74) is 1.80. The first-order valence-electron chi connectivity index (χ1n) is 11.0. The number of carboxylic acid groups (broad SMARTS) is 1. The SMILES string of the molecule is COc1cc(C(c2cc(OC)c(OC)c(OC)c2)N2CCC(C(=O)O)CC2)cc(OC)c1OC. The van der Waals surface area contributed by atoms with Crippen LogP contribution in [-0.2, 0) is 4.79 Å². The minimum absolute atomic E-state index is 0.253. The number of benzene rings is 2. The average Bonchev–Trinajstić information content (AvgIpc) is 2.87. The predicted octanol–water partition coefficient (Wildman–Crippen LogP) is 3.62. The van der Waals surface area contributed by atoms with Gasteiger partial charge >= 0.3 is 5.97 Å². The van der Waals surface area contributed by atoms with Gasteiger partial charge in [-0.05, 0) is 61.3 Å². The fourth-order valence-electron chi connectivity index (χ4n) is 4.54. The summed E-state index contributed by atoms with van der Waals surface area (Å²) < 4.78 is 33.4. The van der Waals surface area contributed by atoms with E-state index in [1.165, 1.54) is 0 Å². The van der Waals surface area contributed by atoms with Crippen LogP contribution in [-0.4, -0.2) is 71.7 Å². The number of methoxy groups -OCH3 is 6. The van der Waals surface area contributed by atoms with Gasteiger partial charge in [-0.25, -0.2) is 0 Å². The van der Waals surface area contributed by atoms with Crippen molar-refractivity contribution in [1.29, 1.82) is 0 Å². The van der Waals surface area contributed by atoms with Crippen LogP contribution in [0.15, 0.2) is 24.3 Å². The lowest BCUT2D eigenvalue weighted by Crippen LogP contribution is -2.39. The first-order chi connectivity index (χ1) is 16.4. The van der Waals surface area contributed by atoms with Crippen molar-refractivity contribution in [2.24, 2.45) is 5.92 Å². The van der Waals surface area contributed by atoms with Gasteiger partial charge in [-0.2, -0.15) is 0 Å². The monoisotopic (exact) mass is 475 g/mol. The fraction of sp³-hybridized carbons (Fsp3) is 0.480. The number of carbonyl (C=O) groups is 1. The molecular formula is C25H33NO8. The topological polar surface area (TPSA) is 95.9 Å². The van der Waals surface area contributed by atoms with Gasteiger partial charge in [0.25, 0.3) is 0 Å². The summed E-state index contributed by atoms with van der Waals surface area (Å²) in [6.45, 7) is 1.21. The number of ether oxygens (including phenoxy) is 6. The van der Waals surface area contributed by atoms with E-state index in [2.05, 4.69) is 4.90 Å². The maximum atomic E-state index is 11.5. The van der Waals surface area contributed by atoms with Crippen LogP contribution in [0.2, 0.25) is 0 Å². The number of nitrogens with zero attached hydrogens (tertiary/aromatic N) is 1. The molecule has 0 aromatic heterocycles. The minimum atomic E-state index is -0.753. The van der Waals surface area contributed by atoms with Gasteiger partial charge in [-0.15, -0.1) is 0 Å². The van der Waals surface area contributed by atoms with Gasteiger partial charge in [0.15, 0.2) is 23.0 Å². The van der Waals surface area contributed by atoms with Crippen LogP contribution in [0.4, 0.5) is 0 Å². The molecule has 1 aliphatic rings. The summed E-state index contributed by atoms with van der Waals surface area (Å²) in [4.78, 5) is 13.8. The van der Waals surface area contributed by atoms with E-state index in [0.717, 1.165) is 11.1 Å². The van der Waals surface area contributed by atoms with Crippen LogP contribution in [0.25, 0.3) is 0 Å². The van der Waals surface area contributed by atoms with Crippen molar-refractivity contribution in [3.63, 3.8) is 0 Å². The van der Waals surface area contributed by atoms with Crippen LogP contribution < -0.4 is 28.4 Å². The zero-order valence-corrected chi connectivity index (χ0v) is 20.5. The van der Waals surface area contributed by atoms with Crippen molar-refractivity contribution >= 4 is 5.97 Å². The molecule has 0 radical (unpaired) electrons. The lowest BCUT2D eigenvalue weighted by atomic mass is 9.90. The van der Waals surface area contributed by atoms with E-state index in [9.17, 15) is 9.90 Å². The molecular weight excluding hydrogens is 442 g/mol. The highest BCUT2D eigenvalue weighted by Gasteiger charge is 2.32. The number of hydrogen-bond acceptors (Lipinski definition) is 8. The lowest BCUT2D eigenvalue weighted by Gasteiger charge is -2.37. The minimum Gasteiger partial charge on any atom is -0.493 e. The molecule has 1 saturated heterocycles. The molecule has 34 heavy (non-hydrogen) atoms. The van der Waals surface area contributed by atoms with Crippen LogP contribution in [0.1, 0.15) is 30.0 Å². The second-order valence-electron chi connectivity index (χ2n) is 7.97. The standard InChI is InChI=1S/C25H33NO8/c1-29-18-11-16(12-19(30-2)23(18)33-5)22(26-9-7-15(8-10-26)25(27)28)17-13-20(31-3)24(34-6)21(14-17)32-4/h11-15,22H,7-10H2,1-6H3,(H,27,28). The number of hydrogen-bond donors (Lipinski definition) is 1. The Kier molecular flexibility index (Phi) is 8.33. The molecule has 0 spiro atoms. The van der Waals surface area contributed by atoms with Crippen molar-refractivity contribution < 1.29 is 38.3 Å². The Bertz CT molecular complexity index is 887. The van der Waals surface area contributed by atoms with Crippen molar-refractivity contribution in [2.75, 3.05) is 55.7 Å². The molecule has 2 aromatic carbocycles. The van der Waals surface area contributed by atoms with E-state index < -0.39 is 5.97 Å². The third-order valence-corrected chi connectivity index (χ3v) is 6.25. The molecule has 0 saturated carbocycles. The first kappa shape index (κ1) is 25.3. The van der Waals surface area contributed by atoms with Crippen molar-refractivity contribution in [3.05, 3.63) is 35.4 Å². The molecule has 1 N–H and O–H groups in total. The van der Waals surface area contributed by atoms with E-state index >= 15 is 0 Å². The summed E-state index contributed by atoms with van der Waals surface area (Å²) in [5, 5.41) is 9.47. The molecule has 3 rings (SSSR count). The van der Waals surface area contributed by atoms with E-state index in [1.807, 2.05) is 24.3 Å². The normalized spacial score (nSPS) is 14.6. The molecule has 1 fully saturated rings. The molecule has 0 atom stereocenters. The van der Waals surface area contributed by atoms with Crippen LogP contribution in [0.3, 0.4) is 0 Å². The van der Waals surface area contributed by atoms with Gasteiger partial charge in [0.2, 0.25) is 11.5 Å². The second-order valence-corrected chi connectivity index (χ2v) is 7.97. The molecule has 1 heterocycles. The molecule has 0 amide bonds. The Balaban J connectivity index is 2.18. The molecule has 0 bridgehead atoms. The Labute approximate surface area is 200 Å². The Morgan fingerprint density at radius 1 is 0.735 bits per heavy atom. The first-order valence-corrected chi connectivity index (χ1v) is 11.0. The number of aliphatic carboxylic acids is 1. The van der Waals surface area contributed by atoms with Crippen LogP contribution in [0, 0.1) is 5.92 Å². The van der Waals surface area contributed by atoms with Gasteiger partial charge in [0, 0.05) is 0 Å². The van der Waals surface area contributed by atoms with E-state index in [-0.39, 0.29) is 12.0 Å². The Morgan fingerprint density at radius 2 is 1.09 bits per heavy atom. The summed E-state index contributed by atoms with van der Waals surface area (Å²) in [6, 6.07) is 7.41. The zero-order valence-electron chi connectivity index (χ0n) is 20.5. The maximum absolute atomic E-state index is 11.5. The van der Waals surface area contributed by atoms with Crippen molar-refractivity contribution in [1.82, 2.24) is 4.90 Å². The van der Waals surface area contributed by atoms with E-state index in [4.69, 9.17) is 28.4 Å². The van der Waals surface area contributed by atoms with E-state index in [0.29, 0.717) is 60.4 Å². The molecule has 1 aliphatic heterocycles. The summed E-state index contributed by atoms with van der Waals surface area (Å²) in [7, 11) is 9.43. The summed E-state index contributed by atoms with van der Waals surface area (Å²) in [6.07, 6.45) is 1.11. The second kappa shape index (κ2) is 11.2. The fourth-order valence-corrected chi connectivity index (χ4v) is 4.54. The molecule has 9 heteroatoms. The van der Waals surface area contributed by atoms with E-state index in [1.54, 1.807) is 42.7 Å². The molecule has 0 aliphatic carbocycles. The number of carboxylic acids is 1. The van der Waals surface area contributed by atoms with Crippen LogP contribution in [0.5, 0.6) is 34.5 Å². The number of likely N-dealkylation sites (tertiary alicyclic amines) is 1. The molecule has 2 aromatic rings. The van der Waals surface area contributed by atoms with Gasteiger partial charge in [-0.1, -0.05) is 0 Å². The highest BCUT2D eigenvalue weighted by molar-refractivity contribution is 5.70.